The first-order chi connectivity index (χ1) is 18.3. The van der Waals surface area contributed by atoms with Gasteiger partial charge < -0.3 is 10.3 Å². The number of rotatable bonds is 8. The average Bonchev–Trinajstić information content (AvgIpc) is 3.36. The highest BCUT2D eigenvalue weighted by Crippen LogP contribution is 2.28. The lowest BCUT2D eigenvalue weighted by Gasteiger charge is -2.26. The number of nitrogens with zero attached hydrogens (tertiary/aromatic N) is 2. The molecular formula is C30H28N4O3S. The zero-order valence-electron chi connectivity index (χ0n) is 21.1. The molecule has 0 saturated heterocycles. The van der Waals surface area contributed by atoms with Crippen LogP contribution in [0.3, 0.4) is 0 Å². The number of imidazole rings is 1. The van der Waals surface area contributed by atoms with Crippen molar-refractivity contribution in [2.75, 3.05) is 5.32 Å². The summed E-state index contributed by atoms with van der Waals surface area (Å²) in [5, 5.41) is 2.94. The van der Waals surface area contributed by atoms with E-state index in [-0.39, 0.29) is 23.4 Å². The number of amides is 1. The fraction of sp³-hybridized carbons (Fsp3) is 0.133. The summed E-state index contributed by atoms with van der Waals surface area (Å²) in [5.74, 6) is 0.304. The smallest absolute Gasteiger partial charge is 0.255 e. The maximum atomic E-state index is 13.4. The van der Waals surface area contributed by atoms with Crippen molar-refractivity contribution in [3.63, 3.8) is 0 Å². The zero-order valence-corrected chi connectivity index (χ0v) is 21.9. The number of fused-ring (bicyclic) bond motifs is 1. The molecule has 5 aromatic rings. The Morgan fingerprint density at radius 1 is 0.868 bits per heavy atom. The molecule has 0 bridgehead atoms. The van der Waals surface area contributed by atoms with Gasteiger partial charge in [-0.2, -0.15) is 4.31 Å². The maximum Gasteiger partial charge on any atom is 0.255 e. The molecule has 0 aliphatic heterocycles. The van der Waals surface area contributed by atoms with E-state index in [0.717, 1.165) is 22.2 Å². The third kappa shape index (κ3) is 5.22. The molecule has 192 valence electrons. The number of hydrogen-bond acceptors (Lipinski definition) is 4. The van der Waals surface area contributed by atoms with Crippen LogP contribution in [0.4, 0.5) is 5.69 Å². The van der Waals surface area contributed by atoms with E-state index in [0.29, 0.717) is 17.1 Å². The van der Waals surface area contributed by atoms with Crippen molar-refractivity contribution < 1.29 is 13.2 Å². The lowest BCUT2D eigenvalue weighted by Crippen LogP contribution is -2.36. The number of nitrogens with one attached hydrogen (secondary N) is 2. The molecule has 2 N–H and O–H groups in total. The van der Waals surface area contributed by atoms with Crippen LogP contribution in [0, 0.1) is 0 Å². The summed E-state index contributed by atoms with van der Waals surface area (Å²) >= 11 is 0. The minimum atomic E-state index is -3.77. The number of hydrogen-bond donors (Lipinski definition) is 2. The number of sulfonamides is 1. The number of carbonyl (C=O) groups excluding carboxylic acids is 1. The largest absolute Gasteiger partial charge is 0.338 e. The predicted molar refractivity (Wildman–Crippen MR) is 150 cm³/mol. The van der Waals surface area contributed by atoms with Crippen LogP contribution in [-0.4, -0.2) is 34.6 Å². The van der Waals surface area contributed by atoms with Crippen molar-refractivity contribution in [2.45, 2.75) is 31.3 Å². The van der Waals surface area contributed by atoms with Gasteiger partial charge in [-0.1, -0.05) is 54.6 Å². The number of anilines is 1. The molecule has 1 aromatic heterocycles. The molecular weight excluding hydrogens is 496 g/mol. The van der Waals surface area contributed by atoms with E-state index in [4.69, 9.17) is 0 Å². The van der Waals surface area contributed by atoms with Gasteiger partial charge >= 0.3 is 0 Å². The van der Waals surface area contributed by atoms with Gasteiger partial charge in [-0.15, -0.1) is 0 Å². The summed E-state index contributed by atoms with van der Waals surface area (Å²) in [6, 6.07) is 30.4. The number of benzene rings is 4. The molecule has 0 atom stereocenters. The minimum Gasteiger partial charge on any atom is -0.338 e. The summed E-state index contributed by atoms with van der Waals surface area (Å²) in [6.07, 6.45) is 0. The molecule has 0 fully saturated rings. The van der Waals surface area contributed by atoms with Crippen LogP contribution in [-0.2, 0) is 16.6 Å². The SMILES string of the molecule is CC(C)N(Cc1ccccc1)S(=O)(=O)c1ccc(C(=O)Nc2ccccc2-c2nc3ccccc3[nH]2)cc1. The van der Waals surface area contributed by atoms with Crippen molar-refractivity contribution in [3.8, 4) is 11.4 Å². The van der Waals surface area contributed by atoms with Gasteiger partial charge in [0.25, 0.3) is 5.91 Å². The average molecular weight is 525 g/mol. The van der Waals surface area contributed by atoms with Gasteiger partial charge in [0.2, 0.25) is 10.0 Å². The summed E-state index contributed by atoms with van der Waals surface area (Å²) < 4.78 is 28.3. The fourth-order valence-corrected chi connectivity index (χ4v) is 5.92. The van der Waals surface area contributed by atoms with E-state index in [2.05, 4.69) is 15.3 Å². The minimum absolute atomic E-state index is 0.140. The predicted octanol–water partition coefficient (Wildman–Crippen LogP) is 6.08. The molecule has 5 rings (SSSR count). The van der Waals surface area contributed by atoms with Gasteiger partial charge in [0.15, 0.2) is 0 Å². The van der Waals surface area contributed by atoms with Crippen LogP contribution in [0.2, 0.25) is 0 Å². The highest BCUT2D eigenvalue weighted by molar-refractivity contribution is 7.89. The van der Waals surface area contributed by atoms with Crippen LogP contribution in [0.1, 0.15) is 29.8 Å². The third-order valence-corrected chi connectivity index (χ3v) is 8.34. The van der Waals surface area contributed by atoms with E-state index < -0.39 is 10.0 Å². The number of aromatic nitrogens is 2. The Hall–Kier alpha value is -4.27. The number of para-hydroxylation sites is 3. The van der Waals surface area contributed by atoms with Gasteiger partial charge in [0.05, 0.1) is 21.6 Å². The quantitative estimate of drug-likeness (QED) is 0.257. The molecule has 7 nitrogen and oxygen atoms in total. The van der Waals surface area contributed by atoms with Crippen LogP contribution >= 0.6 is 0 Å². The van der Waals surface area contributed by atoms with E-state index in [1.807, 2.05) is 92.7 Å². The summed E-state index contributed by atoms with van der Waals surface area (Å²) in [6.45, 7) is 3.96. The van der Waals surface area contributed by atoms with Crippen molar-refractivity contribution >= 4 is 32.7 Å². The highest BCUT2D eigenvalue weighted by Gasteiger charge is 2.27. The second-order valence-electron chi connectivity index (χ2n) is 9.26. The highest BCUT2D eigenvalue weighted by atomic mass is 32.2. The first-order valence-electron chi connectivity index (χ1n) is 12.3. The Morgan fingerprint density at radius 3 is 2.24 bits per heavy atom. The fourth-order valence-electron chi connectivity index (χ4n) is 4.30. The first-order valence-corrected chi connectivity index (χ1v) is 13.8. The van der Waals surface area contributed by atoms with E-state index in [1.165, 1.54) is 28.6 Å². The Bertz CT molecular complexity index is 1650. The monoisotopic (exact) mass is 524 g/mol. The summed E-state index contributed by atoms with van der Waals surface area (Å²) in [5.41, 5.74) is 4.35. The summed E-state index contributed by atoms with van der Waals surface area (Å²) in [4.78, 5) is 21.2. The molecule has 1 heterocycles. The molecule has 4 aromatic carbocycles. The second-order valence-corrected chi connectivity index (χ2v) is 11.1. The molecule has 8 heteroatoms. The lowest BCUT2D eigenvalue weighted by molar-refractivity contribution is 0.102. The molecule has 0 radical (unpaired) electrons. The first kappa shape index (κ1) is 25.4. The topological polar surface area (TPSA) is 95.2 Å². The zero-order chi connectivity index (χ0) is 26.7. The Morgan fingerprint density at radius 2 is 1.53 bits per heavy atom. The molecule has 0 aliphatic rings. The number of aromatic amines is 1. The van der Waals surface area contributed by atoms with Gasteiger partial charge in [0, 0.05) is 23.7 Å². The van der Waals surface area contributed by atoms with E-state index >= 15 is 0 Å². The molecule has 1 amide bonds. The molecule has 0 unspecified atom stereocenters. The van der Waals surface area contributed by atoms with Crippen molar-refractivity contribution in [1.29, 1.82) is 0 Å². The van der Waals surface area contributed by atoms with Crippen molar-refractivity contribution in [3.05, 3.63) is 114 Å². The Balaban J connectivity index is 1.36. The standard InChI is InChI=1S/C30H28N4O3S/c1-21(2)34(20-22-10-4-3-5-11-22)38(36,37)24-18-16-23(17-19-24)30(35)33-26-13-7-6-12-25(26)29-31-27-14-8-9-15-28(27)32-29/h3-19,21H,20H2,1-2H3,(H,31,32)(H,33,35). The molecule has 0 saturated carbocycles. The van der Waals surface area contributed by atoms with Crippen LogP contribution in [0.25, 0.3) is 22.4 Å². The van der Waals surface area contributed by atoms with Gasteiger partial charge in [-0.05, 0) is 67.9 Å². The van der Waals surface area contributed by atoms with Crippen LogP contribution < -0.4 is 5.32 Å². The Labute approximate surface area is 222 Å². The maximum absolute atomic E-state index is 13.4. The third-order valence-electron chi connectivity index (χ3n) is 6.30. The van der Waals surface area contributed by atoms with Gasteiger partial charge in [-0.25, -0.2) is 13.4 Å². The normalized spacial score (nSPS) is 11.8. The second kappa shape index (κ2) is 10.6. The lowest BCUT2D eigenvalue weighted by atomic mass is 10.1. The van der Waals surface area contributed by atoms with Crippen LogP contribution in [0.5, 0.6) is 0 Å². The molecule has 0 aliphatic carbocycles. The van der Waals surface area contributed by atoms with Gasteiger partial charge in [0.1, 0.15) is 5.82 Å². The number of carbonyl (C=O) groups is 1. The van der Waals surface area contributed by atoms with Crippen LogP contribution in [0.15, 0.2) is 108 Å². The summed E-state index contributed by atoms with van der Waals surface area (Å²) in [7, 11) is -3.77. The van der Waals surface area contributed by atoms with E-state index in [1.54, 1.807) is 0 Å². The van der Waals surface area contributed by atoms with E-state index in [9.17, 15) is 13.2 Å². The van der Waals surface area contributed by atoms with Crippen molar-refractivity contribution in [1.82, 2.24) is 14.3 Å². The molecule has 38 heavy (non-hydrogen) atoms. The molecule has 0 spiro atoms. The number of H-pyrrole nitrogens is 1. The van der Waals surface area contributed by atoms with Gasteiger partial charge in [-0.3, -0.25) is 4.79 Å². The Kier molecular flexibility index (Phi) is 7.09. The van der Waals surface area contributed by atoms with Crippen molar-refractivity contribution in [2.24, 2.45) is 0 Å².